The molecule has 2 rings (SSSR count). The molecular formula is C5H5BF2N3-. The van der Waals surface area contributed by atoms with Crippen LogP contribution >= 0.6 is 0 Å². The lowest BCUT2D eigenvalue weighted by molar-refractivity contribution is 0.491. The van der Waals surface area contributed by atoms with Crippen molar-refractivity contribution < 1.29 is 8.63 Å². The van der Waals surface area contributed by atoms with Crippen LogP contribution in [0.2, 0.25) is 0 Å². The summed E-state index contributed by atoms with van der Waals surface area (Å²) in [6, 6.07) is 0. The summed E-state index contributed by atoms with van der Waals surface area (Å²) in [6.45, 7) is -3.70. The standard InChI is InChI=1S/C5H5BF2N3/c7-6(8)10-9-5-3-1-2-4-11(5)6/h1-4,10H/q-1. The maximum absolute atomic E-state index is 12.8. The Hall–Kier alpha value is -1.33. The molecule has 11 heavy (non-hydrogen) atoms. The maximum atomic E-state index is 12.8. The van der Waals surface area contributed by atoms with E-state index >= 15 is 0 Å². The van der Waals surface area contributed by atoms with Gasteiger partial charge in [0.1, 0.15) is 5.84 Å². The molecule has 2 heterocycles. The molecule has 0 amide bonds. The minimum absolute atomic E-state index is 0.262. The summed E-state index contributed by atoms with van der Waals surface area (Å²) in [5.74, 6) is 0.262. The Balaban J connectivity index is 2.35. The molecule has 0 saturated heterocycles. The van der Waals surface area contributed by atoms with E-state index in [2.05, 4.69) is 5.10 Å². The molecule has 0 aromatic carbocycles. The second kappa shape index (κ2) is 1.84. The van der Waals surface area contributed by atoms with Crippen LogP contribution in [0.25, 0.3) is 0 Å². The molecule has 0 fully saturated rings. The van der Waals surface area contributed by atoms with E-state index in [9.17, 15) is 8.63 Å². The molecule has 0 saturated carbocycles. The average molecular weight is 156 g/mol. The second-order valence-corrected chi connectivity index (χ2v) is 2.33. The molecule has 3 nitrogen and oxygen atoms in total. The number of hydrogen-bond donors (Lipinski definition) is 1. The van der Waals surface area contributed by atoms with Crippen LogP contribution in [-0.4, -0.2) is 17.6 Å². The molecule has 2 aliphatic heterocycles. The molecule has 0 radical (unpaired) electrons. The van der Waals surface area contributed by atoms with Crippen molar-refractivity contribution in [2.75, 3.05) is 0 Å². The van der Waals surface area contributed by atoms with E-state index in [0.717, 1.165) is 4.81 Å². The summed E-state index contributed by atoms with van der Waals surface area (Å²) in [5.41, 5.74) is 0. The summed E-state index contributed by atoms with van der Waals surface area (Å²) < 4.78 is 25.5. The van der Waals surface area contributed by atoms with Crippen LogP contribution in [0.5, 0.6) is 0 Å². The fourth-order valence-corrected chi connectivity index (χ4v) is 1.02. The smallest absolute Gasteiger partial charge is 0.437 e. The zero-order chi connectivity index (χ0) is 7.90. The van der Waals surface area contributed by atoms with Gasteiger partial charge in [0, 0.05) is 0 Å². The summed E-state index contributed by atoms with van der Waals surface area (Å²) in [6.07, 6.45) is 6.03. The van der Waals surface area contributed by atoms with Gasteiger partial charge in [-0.3, -0.25) is 0 Å². The van der Waals surface area contributed by atoms with Crippen molar-refractivity contribution in [2.45, 2.75) is 0 Å². The van der Waals surface area contributed by atoms with Crippen LogP contribution in [0.4, 0.5) is 8.63 Å². The Morgan fingerprint density at radius 2 is 2.27 bits per heavy atom. The Morgan fingerprint density at radius 1 is 1.45 bits per heavy atom. The van der Waals surface area contributed by atoms with Crippen molar-refractivity contribution in [3.8, 4) is 0 Å². The molecule has 0 spiro atoms. The number of halogens is 2. The first-order chi connectivity index (χ1) is 5.20. The van der Waals surface area contributed by atoms with Gasteiger partial charge in [0.05, 0.1) is 0 Å². The molecule has 0 bridgehead atoms. The first kappa shape index (κ1) is 6.39. The van der Waals surface area contributed by atoms with Gasteiger partial charge in [0.2, 0.25) is 0 Å². The number of fused-ring (bicyclic) bond motifs is 1. The Morgan fingerprint density at radius 3 is 3.00 bits per heavy atom. The van der Waals surface area contributed by atoms with E-state index in [4.69, 9.17) is 0 Å². The number of nitrogens with one attached hydrogen (secondary N) is 1. The molecule has 6 heteroatoms. The first-order valence-electron chi connectivity index (χ1n) is 3.20. The fraction of sp³-hybridized carbons (Fsp3) is 0. The molecule has 2 aliphatic rings. The number of hydrogen-bond acceptors (Lipinski definition) is 3. The number of rotatable bonds is 0. The lowest BCUT2D eigenvalue weighted by Gasteiger charge is -2.30. The zero-order valence-electron chi connectivity index (χ0n) is 5.54. The van der Waals surface area contributed by atoms with E-state index in [-0.39, 0.29) is 5.84 Å². The van der Waals surface area contributed by atoms with E-state index < -0.39 is 6.97 Å². The van der Waals surface area contributed by atoms with Gasteiger partial charge >= 0.3 is 6.97 Å². The number of amidine groups is 1. The van der Waals surface area contributed by atoms with Crippen molar-refractivity contribution in [2.24, 2.45) is 5.10 Å². The Bertz CT molecular complexity index is 271. The molecule has 0 unspecified atom stereocenters. The summed E-state index contributed by atoms with van der Waals surface area (Å²) in [4.78, 5) is 0.833. The van der Waals surface area contributed by atoms with Gasteiger partial charge in [0.15, 0.2) is 0 Å². The lowest BCUT2D eigenvalue weighted by Crippen LogP contribution is -2.49. The van der Waals surface area contributed by atoms with E-state index in [1.807, 2.05) is 0 Å². The molecule has 58 valence electrons. The topological polar surface area (TPSA) is 27.6 Å². The molecule has 0 aliphatic carbocycles. The molecule has 0 atom stereocenters. The third kappa shape index (κ3) is 0.823. The molecule has 0 aromatic rings. The summed E-state index contributed by atoms with van der Waals surface area (Å²) in [7, 11) is 0. The van der Waals surface area contributed by atoms with E-state index in [0.29, 0.717) is 0 Å². The maximum Gasteiger partial charge on any atom is 0.543 e. The van der Waals surface area contributed by atoms with Crippen LogP contribution < -0.4 is 5.34 Å². The van der Waals surface area contributed by atoms with E-state index in [1.165, 1.54) is 12.3 Å². The Labute approximate surface area is 62.1 Å². The predicted molar refractivity (Wildman–Crippen MR) is 38.7 cm³/mol. The highest BCUT2D eigenvalue weighted by molar-refractivity contribution is 6.65. The summed E-state index contributed by atoms with van der Waals surface area (Å²) in [5, 5.41) is 5.22. The predicted octanol–water partition coefficient (Wildman–Crippen LogP) is 0.663. The third-order valence-electron chi connectivity index (χ3n) is 1.55. The largest absolute Gasteiger partial charge is 0.543 e. The van der Waals surface area contributed by atoms with Crippen LogP contribution in [-0.2, 0) is 0 Å². The number of hydrazone groups is 1. The Kier molecular flexibility index (Phi) is 1.07. The van der Waals surface area contributed by atoms with Crippen molar-refractivity contribution in [3.63, 3.8) is 0 Å². The highest BCUT2D eigenvalue weighted by atomic mass is 19.2. The zero-order valence-corrected chi connectivity index (χ0v) is 5.54. The van der Waals surface area contributed by atoms with Crippen molar-refractivity contribution in [3.05, 3.63) is 24.4 Å². The van der Waals surface area contributed by atoms with Gasteiger partial charge in [-0.25, -0.2) is 5.10 Å². The third-order valence-corrected chi connectivity index (χ3v) is 1.55. The molecular weight excluding hydrogens is 151 g/mol. The van der Waals surface area contributed by atoms with Gasteiger partial charge in [-0.1, -0.05) is 6.08 Å². The average Bonchev–Trinajstić information content (AvgIpc) is 2.29. The highest BCUT2D eigenvalue weighted by Crippen LogP contribution is 2.19. The van der Waals surface area contributed by atoms with Gasteiger partial charge < -0.3 is 18.8 Å². The fourth-order valence-electron chi connectivity index (χ4n) is 1.02. The highest BCUT2D eigenvalue weighted by Gasteiger charge is 2.38. The molecule has 0 aromatic heterocycles. The van der Waals surface area contributed by atoms with Gasteiger partial charge in [-0.15, -0.1) is 0 Å². The van der Waals surface area contributed by atoms with Crippen molar-refractivity contribution in [1.82, 2.24) is 10.1 Å². The van der Waals surface area contributed by atoms with Gasteiger partial charge in [0.25, 0.3) is 0 Å². The van der Waals surface area contributed by atoms with Gasteiger partial charge in [-0.2, -0.15) is 0 Å². The van der Waals surface area contributed by atoms with E-state index in [1.54, 1.807) is 17.5 Å². The van der Waals surface area contributed by atoms with Crippen LogP contribution in [0.15, 0.2) is 29.5 Å². The van der Waals surface area contributed by atoms with Crippen molar-refractivity contribution >= 4 is 12.8 Å². The summed E-state index contributed by atoms with van der Waals surface area (Å²) >= 11 is 0. The normalized spacial score (nSPS) is 24.5. The monoisotopic (exact) mass is 156 g/mol. The minimum atomic E-state index is -3.70. The van der Waals surface area contributed by atoms with Gasteiger partial charge in [-0.05, 0) is 18.4 Å². The van der Waals surface area contributed by atoms with Crippen LogP contribution in [0, 0.1) is 0 Å². The SMILES string of the molecule is F[B-]1(F)NN=C2C=CC=CN21. The molecule has 1 N–H and O–H groups in total. The first-order valence-corrected chi connectivity index (χ1v) is 3.20. The van der Waals surface area contributed by atoms with Crippen molar-refractivity contribution in [1.29, 1.82) is 0 Å². The minimum Gasteiger partial charge on any atom is -0.437 e. The lowest BCUT2D eigenvalue weighted by atomic mass is 9.97. The van der Waals surface area contributed by atoms with Crippen LogP contribution in [0.3, 0.4) is 0 Å². The quantitative estimate of drug-likeness (QED) is 0.521. The van der Waals surface area contributed by atoms with Crippen LogP contribution in [0.1, 0.15) is 0 Å². The number of nitrogens with zero attached hydrogens (tertiary/aromatic N) is 2. The number of allylic oxidation sites excluding steroid dienone is 2. The second-order valence-electron chi connectivity index (χ2n) is 2.33.